The first-order valence-corrected chi connectivity index (χ1v) is 5.22. The smallest absolute Gasteiger partial charge is 0.150 e. The van der Waals surface area contributed by atoms with Crippen molar-refractivity contribution in [3.8, 4) is 11.3 Å². The number of pyridine rings is 1. The second-order valence-electron chi connectivity index (χ2n) is 3.74. The molecule has 0 fully saturated rings. The second kappa shape index (κ2) is 3.83. The minimum Gasteiger partial charge on any atom is -0.298 e. The molecule has 2 heterocycles. The molecule has 17 heavy (non-hydrogen) atoms. The van der Waals surface area contributed by atoms with Gasteiger partial charge in [0.25, 0.3) is 0 Å². The van der Waals surface area contributed by atoms with Crippen LogP contribution in [-0.4, -0.2) is 21.5 Å². The Labute approximate surface area is 97.3 Å². The topological polar surface area (TPSA) is 58.6 Å². The van der Waals surface area contributed by atoms with Crippen LogP contribution < -0.4 is 0 Å². The van der Waals surface area contributed by atoms with Crippen molar-refractivity contribution in [2.24, 2.45) is 0 Å². The quantitative estimate of drug-likeness (QED) is 0.679. The van der Waals surface area contributed by atoms with E-state index in [9.17, 15) is 4.79 Å². The molecule has 0 radical (unpaired) electrons. The molecule has 3 rings (SSSR count). The molecular formula is C13H9N3O. The van der Waals surface area contributed by atoms with Crippen LogP contribution in [0.4, 0.5) is 0 Å². The van der Waals surface area contributed by atoms with E-state index in [0.29, 0.717) is 5.56 Å². The normalized spacial score (nSPS) is 10.6. The van der Waals surface area contributed by atoms with Gasteiger partial charge in [0, 0.05) is 28.9 Å². The van der Waals surface area contributed by atoms with Gasteiger partial charge < -0.3 is 0 Å². The molecule has 2 aromatic heterocycles. The van der Waals surface area contributed by atoms with Crippen LogP contribution in [0.3, 0.4) is 0 Å². The lowest BCUT2D eigenvalue weighted by Gasteiger charge is -1.97. The standard InChI is InChI=1S/C13H9N3O/c17-8-9-3-4-12-11(6-9)13(16-15-12)10-2-1-5-14-7-10/h1-8H,(H,15,16). The van der Waals surface area contributed by atoms with Crippen molar-refractivity contribution in [3.05, 3.63) is 48.3 Å². The Kier molecular flexibility index (Phi) is 2.19. The number of nitrogens with one attached hydrogen (secondary N) is 1. The molecule has 1 N–H and O–H groups in total. The summed E-state index contributed by atoms with van der Waals surface area (Å²) in [5, 5.41) is 8.14. The number of fused-ring (bicyclic) bond motifs is 1. The Bertz CT molecular complexity index is 673. The number of carbonyl (C=O) groups excluding carboxylic acids is 1. The Hall–Kier alpha value is -2.49. The van der Waals surface area contributed by atoms with Crippen LogP contribution in [-0.2, 0) is 0 Å². The Morgan fingerprint density at radius 2 is 2.18 bits per heavy atom. The molecule has 0 atom stereocenters. The number of hydrogen-bond donors (Lipinski definition) is 1. The van der Waals surface area contributed by atoms with E-state index in [4.69, 9.17) is 0 Å². The number of aromatic nitrogens is 3. The number of aromatic amines is 1. The predicted molar refractivity (Wildman–Crippen MR) is 64.7 cm³/mol. The van der Waals surface area contributed by atoms with Crippen molar-refractivity contribution in [2.75, 3.05) is 0 Å². The second-order valence-corrected chi connectivity index (χ2v) is 3.74. The molecule has 0 amide bonds. The van der Waals surface area contributed by atoms with Gasteiger partial charge in [-0.2, -0.15) is 5.10 Å². The molecule has 4 nitrogen and oxygen atoms in total. The molecule has 4 heteroatoms. The number of carbonyl (C=O) groups is 1. The third-order valence-corrected chi connectivity index (χ3v) is 2.66. The van der Waals surface area contributed by atoms with Crippen LogP contribution >= 0.6 is 0 Å². The van der Waals surface area contributed by atoms with Crippen molar-refractivity contribution in [2.45, 2.75) is 0 Å². The number of H-pyrrole nitrogens is 1. The average Bonchev–Trinajstić information content (AvgIpc) is 2.82. The SMILES string of the molecule is O=Cc1ccc2[nH]nc(-c3cccnc3)c2c1. The predicted octanol–water partition coefficient (Wildman–Crippen LogP) is 2.44. The Morgan fingerprint density at radius 3 is 2.94 bits per heavy atom. The fraction of sp³-hybridized carbons (Fsp3) is 0. The largest absolute Gasteiger partial charge is 0.298 e. The number of nitrogens with zero attached hydrogens (tertiary/aromatic N) is 2. The highest BCUT2D eigenvalue weighted by Gasteiger charge is 2.08. The van der Waals surface area contributed by atoms with Crippen LogP contribution in [0.25, 0.3) is 22.2 Å². The maximum Gasteiger partial charge on any atom is 0.150 e. The van der Waals surface area contributed by atoms with E-state index in [0.717, 1.165) is 28.4 Å². The van der Waals surface area contributed by atoms with Crippen molar-refractivity contribution in [3.63, 3.8) is 0 Å². The van der Waals surface area contributed by atoms with E-state index in [1.807, 2.05) is 24.3 Å². The van der Waals surface area contributed by atoms with Gasteiger partial charge in [-0.05, 0) is 30.3 Å². The van der Waals surface area contributed by atoms with Crippen LogP contribution in [0.15, 0.2) is 42.7 Å². The van der Waals surface area contributed by atoms with Crippen LogP contribution in [0.2, 0.25) is 0 Å². The lowest BCUT2D eigenvalue weighted by molar-refractivity contribution is 0.112. The molecule has 0 bridgehead atoms. The molecule has 0 aliphatic rings. The summed E-state index contributed by atoms with van der Waals surface area (Å²) in [4.78, 5) is 14.8. The van der Waals surface area contributed by atoms with Crippen LogP contribution in [0.1, 0.15) is 10.4 Å². The molecule has 0 saturated carbocycles. The molecular weight excluding hydrogens is 214 g/mol. The summed E-state index contributed by atoms with van der Waals surface area (Å²) in [5.41, 5.74) is 3.30. The highest BCUT2D eigenvalue weighted by molar-refractivity contribution is 5.95. The summed E-state index contributed by atoms with van der Waals surface area (Å²) in [6, 6.07) is 9.25. The van der Waals surface area contributed by atoms with Gasteiger partial charge in [-0.1, -0.05) is 0 Å². The molecule has 82 valence electrons. The van der Waals surface area contributed by atoms with E-state index >= 15 is 0 Å². The first-order valence-electron chi connectivity index (χ1n) is 5.22. The Balaban J connectivity index is 2.27. The van der Waals surface area contributed by atoms with E-state index in [2.05, 4.69) is 15.2 Å². The Morgan fingerprint density at radius 1 is 1.24 bits per heavy atom. The number of hydrogen-bond acceptors (Lipinski definition) is 3. The highest BCUT2D eigenvalue weighted by Crippen LogP contribution is 2.25. The minimum atomic E-state index is 0.643. The van der Waals surface area contributed by atoms with Gasteiger partial charge in [0.05, 0.1) is 5.52 Å². The van der Waals surface area contributed by atoms with E-state index in [-0.39, 0.29) is 0 Å². The van der Waals surface area contributed by atoms with Gasteiger partial charge in [0.15, 0.2) is 0 Å². The van der Waals surface area contributed by atoms with E-state index in [1.165, 1.54) is 0 Å². The van der Waals surface area contributed by atoms with Crippen molar-refractivity contribution in [1.29, 1.82) is 0 Å². The highest BCUT2D eigenvalue weighted by atomic mass is 16.1. The molecule has 1 aromatic carbocycles. The number of rotatable bonds is 2. The maximum atomic E-state index is 10.8. The summed E-state index contributed by atoms with van der Waals surface area (Å²) in [6.07, 6.45) is 4.30. The van der Waals surface area contributed by atoms with Gasteiger partial charge in [-0.25, -0.2) is 0 Å². The summed E-state index contributed by atoms with van der Waals surface area (Å²) in [5.74, 6) is 0. The zero-order valence-electron chi connectivity index (χ0n) is 8.92. The number of aldehydes is 1. The molecule has 0 spiro atoms. The van der Waals surface area contributed by atoms with Gasteiger partial charge in [0.2, 0.25) is 0 Å². The molecule has 0 aliphatic heterocycles. The monoisotopic (exact) mass is 223 g/mol. The maximum absolute atomic E-state index is 10.8. The molecule has 0 aliphatic carbocycles. The average molecular weight is 223 g/mol. The zero-order valence-corrected chi connectivity index (χ0v) is 8.92. The van der Waals surface area contributed by atoms with Crippen LogP contribution in [0.5, 0.6) is 0 Å². The van der Waals surface area contributed by atoms with Crippen molar-refractivity contribution >= 4 is 17.2 Å². The third kappa shape index (κ3) is 1.59. The van der Waals surface area contributed by atoms with E-state index < -0.39 is 0 Å². The number of benzene rings is 1. The summed E-state index contributed by atoms with van der Waals surface area (Å²) in [6.45, 7) is 0. The van der Waals surface area contributed by atoms with Crippen molar-refractivity contribution in [1.82, 2.24) is 15.2 Å². The van der Waals surface area contributed by atoms with Crippen LogP contribution in [0, 0.1) is 0 Å². The molecule has 3 aromatic rings. The van der Waals surface area contributed by atoms with E-state index in [1.54, 1.807) is 18.5 Å². The first-order chi connectivity index (χ1) is 8.38. The summed E-state index contributed by atoms with van der Waals surface area (Å²) in [7, 11) is 0. The lowest BCUT2D eigenvalue weighted by Crippen LogP contribution is -1.81. The molecule has 0 saturated heterocycles. The summed E-state index contributed by atoms with van der Waals surface area (Å²) < 4.78 is 0. The first kappa shape index (κ1) is 9.72. The zero-order chi connectivity index (χ0) is 11.7. The van der Waals surface area contributed by atoms with Gasteiger partial charge >= 0.3 is 0 Å². The fourth-order valence-electron chi connectivity index (χ4n) is 1.83. The third-order valence-electron chi connectivity index (χ3n) is 2.66. The van der Waals surface area contributed by atoms with Gasteiger partial charge in [-0.3, -0.25) is 14.9 Å². The lowest BCUT2D eigenvalue weighted by atomic mass is 10.1. The fourth-order valence-corrected chi connectivity index (χ4v) is 1.83. The minimum absolute atomic E-state index is 0.643. The van der Waals surface area contributed by atoms with Crippen molar-refractivity contribution < 1.29 is 4.79 Å². The van der Waals surface area contributed by atoms with Gasteiger partial charge in [0.1, 0.15) is 12.0 Å². The molecule has 0 unspecified atom stereocenters. The summed E-state index contributed by atoms with van der Waals surface area (Å²) >= 11 is 0. The van der Waals surface area contributed by atoms with Gasteiger partial charge in [-0.15, -0.1) is 0 Å².